The molecule has 0 aliphatic carbocycles. The van der Waals surface area contributed by atoms with Gasteiger partial charge in [-0.25, -0.2) is 4.98 Å². The van der Waals surface area contributed by atoms with Crippen LogP contribution in [0.15, 0.2) is 36.5 Å². The Bertz CT molecular complexity index is 574. The first-order valence-electron chi connectivity index (χ1n) is 7.76. The van der Waals surface area contributed by atoms with Gasteiger partial charge in [-0.15, -0.1) is 0 Å². The van der Waals surface area contributed by atoms with E-state index in [1.54, 1.807) is 13.3 Å². The fourth-order valence-corrected chi connectivity index (χ4v) is 2.15. The lowest BCUT2D eigenvalue weighted by Crippen LogP contribution is -2.10. The number of aromatic nitrogens is 2. The molecule has 5 heteroatoms. The topological polar surface area (TPSA) is 59.1 Å². The number of hydrogen-bond donors (Lipinski definition) is 2. The molecular weight excluding hydrogens is 276 g/mol. The molecule has 2 rings (SSSR count). The second-order valence-corrected chi connectivity index (χ2v) is 5.03. The molecule has 5 nitrogen and oxygen atoms in total. The molecule has 1 heterocycles. The monoisotopic (exact) mass is 300 g/mol. The molecule has 1 aromatic heterocycles. The van der Waals surface area contributed by atoms with Crippen molar-refractivity contribution in [3.63, 3.8) is 0 Å². The number of methoxy groups -OCH3 is 1. The van der Waals surface area contributed by atoms with E-state index in [-0.39, 0.29) is 0 Å². The predicted octanol–water partition coefficient (Wildman–Crippen LogP) is 3.35. The summed E-state index contributed by atoms with van der Waals surface area (Å²) in [6, 6.07) is 9.95. The summed E-state index contributed by atoms with van der Waals surface area (Å²) in [7, 11) is 1.70. The quantitative estimate of drug-likeness (QED) is 0.695. The summed E-state index contributed by atoms with van der Waals surface area (Å²) in [5, 5.41) is 6.56. The zero-order valence-corrected chi connectivity index (χ0v) is 13.3. The number of anilines is 2. The molecule has 0 radical (unpaired) electrons. The summed E-state index contributed by atoms with van der Waals surface area (Å²) >= 11 is 0. The van der Waals surface area contributed by atoms with Gasteiger partial charge in [0.1, 0.15) is 11.6 Å². The molecule has 0 fully saturated rings. The Morgan fingerprint density at radius 3 is 2.77 bits per heavy atom. The highest BCUT2D eigenvalue weighted by molar-refractivity contribution is 5.40. The van der Waals surface area contributed by atoms with Gasteiger partial charge in [0.25, 0.3) is 0 Å². The number of rotatable bonds is 9. The molecule has 0 saturated heterocycles. The Kier molecular flexibility index (Phi) is 6.48. The first kappa shape index (κ1) is 16.1. The van der Waals surface area contributed by atoms with E-state index < -0.39 is 0 Å². The Morgan fingerprint density at radius 2 is 1.95 bits per heavy atom. The van der Waals surface area contributed by atoms with Crippen molar-refractivity contribution in [2.24, 2.45) is 0 Å². The third-order valence-electron chi connectivity index (χ3n) is 3.36. The summed E-state index contributed by atoms with van der Waals surface area (Å²) < 4.78 is 5.36. The Labute approximate surface area is 132 Å². The van der Waals surface area contributed by atoms with Crippen LogP contribution in [0.2, 0.25) is 0 Å². The molecule has 0 aliphatic rings. The molecule has 0 amide bonds. The van der Waals surface area contributed by atoms with E-state index in [2.05, 4.69) is 33.6 Å². The molecule has 0 spiro atoms. The third-order valence-corrected chi connectivity index (χ3v) is 3.36. The van der Waals surface area contributed by atoms with E-state index in [0.717, 1.165) is 43.9 Å². The number of ether oxygens (including phenoxy) is 1. The lowest BCUT2D eigenvalue weighted by atomic mass is 10.1. The van der Waals surface area contributed by atoms with Crippen molar-refractivity contribution < 1.29 is 4.74 Å². The van der Waals surface area contributed by atoms with E-state index in [1.807, 2.05) is 24.3 Å². The van der Waals surface area contributed by atoms with E-state index in [4.69, 9.17) is 4.74 Å². The van der Waals surface area contributed by atoms with Crippen molar-refractivity contribution in [3.8, 4) is 5.75 Å². The van der Waals surface area contributed by atoms with Crippen molar-refractivity contribution in [1.29, 1.82) is 0 Å². The van der Waals surface area contributed by atoms with Crippen LogP contribution < -0.4 is 15.4 Å². The molecule has 0 atom stereocenters. The SMILES string of the molecule is CCCCNc1nccc(NCCc2ccccc2OC)n1. The largest absolute Gasteiger partial charge is 0.496 e. The maximum absolute atomic E-state index is 5.36. The van der Waals surface area contributed by atoms with Gasteiger partial charge in [0.15, 0.2) is 0 Å². The van der Waals surface area contributed by atoms with Gasteiger partial charge in [0.05, 0.1) is 7.11 Å². The lowest BCUT2D eigenvalue weighted by molar-refractivity contribution is 0.410. The van der Waals surface area contributed by atoms with Crippen molar-refractivity contribution in [2.45, 2.75) is 26.2 Å². The van der Waals surface area contributed by atoms with Gasteiger partial charge in [-0.1, -0.05) is 31.5 Å². The first-order chi connectivity index (χ1) is 10.8. The summed E-state index contributed by atoms with van der Waals surface area (Å²) in [6.45, 7) is 3.87. The number of hydrogen-bond acceptors (Lipinski definition) is 5. The molecule has 0 saturated carbocycles. The van der Waals surface area contributed by atoms with Crippen molar-refractivity contribution in [3.05, 3.63) is 42.1 Å². The molecule has 0 bridgehead atoms. The number of unbranched alkanes of at least 4 members (excludes halogenated alkanes) is 1. The summed E-state index contributed by atoms with van der Waals surface area (Å²) in [5.74, 6) is 2.44. The normalized spacial score (nSPS) is 10.3. The molecule has 0 unspecified atom stereocenters. The van der Waals surface area contributed by atoms with Crippen LogP contribution in [0.25, 0.3) is 0 Å². The lowest BCUT2D eigenvalue weighted by Gasteiger charge is -2.10. The van der Waals surface area contributed by atoms with Gasteiger partial charge >= 0.3 is 0 Å². The third kappa shape index (κ3) is 4.91. The van der Waals surface area contributed by atoms with Crippen LogP contribution in [0.3, 0.4) is 0 Å². The highest BCUT2D eigenvalue weighted by Gasteiger charge is 2.02. The molecule has 2 N–H and O–H groups in total. The minimum Gasteiger partial charge on any atom is -0.496 e. The minimum absolute atomic E-state index is 0.677. The number of nitrogens with zero attached hydrogens (tertiary/aromatic N) is 2. The highest BCUT2D eigenvalue weighted by atomic mass is 16.5. The Balaban J connectivity index is 1.85. The van der Waals surface area contributed by atoms with E-state index in [0.29, 0.717) is 5.95 Å². The average molecular weight is 300 g/mol. The van der Waals surface area contributed by atoms with E-state index >= 15 is 0 Å². The predicted molar refractivity (Wildman–Crippen MR) is 90.6 cm³/mol. The minimum atomic E-state index is 0.677. The van der Waals surface area contributed by atoms with Crippen LogP contribution in [0, 0.1) is 0 Å². The molecule has 22 heavy (non-hydrogen) atoms. The molecule has 0 aliphatic heterocycles. The van der Waals surface area contributed by atoms with E-state index in [1.165, 1.54) is 5.56 Å². The molecular formula is C17H24N4O. The van der Waals surface area contributed by atoms with Crippen molar-refractivity contribution in [1.82, 2.24) is 9.97 Å². The van der Waals surface area contributed by atoms with Crippen LogP contribution in [0.4, 0.5) is 11.8 Å². The molecule has 1 aromatic carbocycles. The number of para-hydroxylation sites is 1. The molecule has 118 valence electrons. The van der Waals surface area contributed by atoms with Gasteiger partial charge in [0.2, 0.25) is 5.95 Å². The highest BCUT2D eigenvalue weighted by Crippen LogP contribution is 2.17. The standard InChI is InChI=1S/C17H24N4O/c1-3-4-11-19-17-20-13-10-16(21-17)18-12-9-14-7-5-6-8-15(14)22-2/h5-8,10,13H,3-4,9,11-12H2,1-2H3,(H2,18,19,20,21). The van der Waals surface area contributed by atoms with Crippen LogP contribution in [0.1, 0.15) is 25.3 Å². The van der Waals surface area contributed by atoms with Gasteiger partial charge in [0, 0.05) is 19.3 Å². The average Bonchev–Trinajstić information content (AvgIpc) is 2.56. The fourth-order valence-electron chi connectivity index (χ4n) is 2.15. The van der Waals surface area contributed by atoms with Crippen LogP contribution in [-0.2, 0) is 6.42 Å². The van der Waals surface area contributed by atoms with Crippen LogP contribution in [0.5, 0.6) is 5.75 Å². The Hall–Kier alpha value is -2.30. The van der Waals surface area contributed by atoms with Gasteiger partial charge in [-0.05, 0) is 30.5 Å². The first-order valence-corrected chi connectivity index (χ1v) is 7.76. The van der Waals surface area contributed by atoms with Gasteiger partial charge in [-0.2, -0.15) is 4.98 Å². The maximum Gasteiger partial charge on any atom is 0.224 e. The zero-order valence-electron chi connectivity index (χ0n) is 13.3. The van der Waals surface area contributed by atoms with E-state index in [9.17, 15) is 0 Å². The molecule has 2 aromatic rings. The smallest absolute Gasteiger partial charge is 0.224 e. The second-order valence-electron chi connectivity index (χ2n) is 5.03. The van der Waals surface area contributed by atoms with Crippen LogP contribution in [-0.4, -0.2) is 30.2 Å². The Morgan fingerprint density at radius 1 is 1.09 bits per heavy atom. The van der Waals surface area contributed by atoms with Gasteiger partial charge in [-0.3, -0.25) is 0 Å². The van der Waals surface area contributed by atoms with Crippen molar-refractivity contribution in [2.75, 3.05) is 30.8 Å². The summed E-state index contributed by atoms with van der Waals surface area (Å²) in [6.07, 6.45) is 4.93. The fraction of sp³-hybridized carbons (Fsp3) is 0.412. The number of nitrogens with one attached hydrogen (secondary N) is 2. The second kappa shape index (κ2) is 8.87. The zero-order chi connectivity index (χ0) is 15.6. The van der Waals surface area contributed by atoms with Crippen LogP contribution >= 0.6 is 0 Å². The maximum atomic E-state index is 5.36. The summed E-state index contributed by atoms with van der Waals surface area (Å²) in [4.78, 5) is 8.68. The van der Waals surface area contributed by atoms with Gasteiger partial charge < -0.3 is 15.4 Å². The summed E-state index contributed by atoms with van der Waals surface area (Å²) in [5.41, 5.74) is 1.19. The number of benzene rings is 1. The van der Waals surface area contributed by atoms with Crippen molar-refractivity contribution >= 4 is 11.8 Å².